The van der Waals surface area contributed by atoms with Crippen molar-refractivity contribution in [2.75, 3.05) is 24.7 Å². The highest BCUT2D eigenvalue weighted by atomic mass is 32.2. The molecule has 1 aliphatic rings. The van der Waals surface area contributed by atoms with E-state index in [1.807, 2.05) is 6.92 Å². The second-order valence-electron chi connectivity index (χ2n) is 5.85. The van der Waals surface area contributed by atoms with Crippen LogP contribution in [-0.2, 0) is 9.47 Å². The van der Waals surface area contributed by atoms with Gasteiger partial charge in [0.2, 0.25) is 4.93 Å². The van der Waals surface area contributed by atoms with E-state index in [4.69, 9.17) is 9.47 Å². The number of thioether (sulfide) groups is 2. The second-order valence-corrected chi connectivity index (χ2v) is 8.42. The molecule has 0 spiro atoms. The Hall–Kier alpha value is 0.500. The van der Waals surface area contributed by atoms with Gasteiger partial charge in [-0.3, -0.25) is 0 Å². The molecule has 0 aromatic carbocycles. The average Bonchev–Trinajstić information content (AvgIpc) is 2.52. The molecule has 0 radical (unpaired) electrons. The lowest BCUT2D eigenvalue weighted by molar-refractivity contribution is -0.295. The van der Waals surface area contributed by atoms with Crippen LogP contribution in [0.25, 0.3) is 0 Å². The first-order chi connectivity index (χ1) is 10.9. The third-order valence-corrected chi connectivity index (χ3v) is 6.64. The van der Waals surface area contributed by atoms with Gasteiger partial charge in [0.25, 0.3) is 5.12 Å². The highest BCUT2D eigenvalue weighted by Crippen LogP contribution is 2.49. The summed E-state index contributed by atoms with van der Waals surface area (Å²) in [5, 5.41) is 30.7. The number of rotatable bonds is 11. The Labute approximate surface area is 148 Å². The fraction of sp³-hybridized carbons (Fsp3) is 1.00. The van der Waals surface area contributed by atoms with Gasteiger partial charge >= 0.3 is 0 Å². The van der Waals surface area contributed by atoms with Crippen LogP contribution in [0.4, 0.5) is 0 Å². The Balaban J connectivity index is 2.95. The maximum Gasteiger partial charge on any atom is 0.258 e. The summed E-state index contributed by atoms with van der Waals surface area (Å²) in [5.74, 6) is 1.35. The maximum atomic E-state index is 11.3. The summed E-state index contributed by atoms with van der Waals surface area (Å²) in [5.41, 5.74) is 0. The third kappa shape index (κ3) is 5.49. The highest BCUT2D eigenvalue weighted by Gasteiger charge is 2.62. The van der Waals surface area contributed by atoms with Crippen LogP contribution in [0.15, 0.2) is 0 Å². The van der Waals surface area contributed by atoms with Crippen LogP contribution < -0.4 is 0 Å². The molecule has 0 aliphatic carbocycles. The number of aliphatic hydroxyl groups excluding tert-OH is 1. The summed E-state index contributed by atoms with van der Waals surface area (Å²) in [7, 11) is 0. The molecule has 0 saturated carbocycles. The zero-order valence-corrected chi connectivity index (χ0v) is 16.1. The summed E-state index contributed by atoms with van der Waals surface area (Å²) in [6, 6.07) is 0. The van der Waals surface area contributed by atoms with Crippen molar-refractivity contribution in [1.29, 1.82) is 0 Å². The SMILES string of the molecule is CCCCSC1(O)OC[C@@H](O)[C@H](OCCC)[C@]1(O)SCCCC. The summed E-state index contributed by atoms with van der Waals surface area (Å²) in [6.45, 7) is 6.50. The summed E-state index contributed by atoms with van der Waals surface area (Å²) in [4.78, 5) is -1.69. The van der Waals surface area contributed by atoms with E-state index in [0.717, 1.165) is 32.1 Å². The van der Waals surface area contributed by atoms with Crippen LogP contribution in [0.5, 0.6) is 0 Å². The van der Waals surface area contributed by atoms with Gasteiger partial charge in [0, 0.05) is 6.61 Å². The van der Waals surface area contributed by atoms with Crippen LogP contribution in [0.2, 0.25) is 0 Å². The van der Waals surface area contributed by atoms with Crippen LogP contribution in [0, 0.1) is 0 Å². The molecule has 1 unspecified atom stereocenters. The van der Waals surface area contributed by atoms with Gasteiger partial charge < -0.3 is 24.8 Å². The zero-order valence-electron chi connectivity index (χ0n) is 14.5. The standard InChI is InChI=1S/C16H32O5S2/c1-4-7-10-22-15(18)14(20-9-6-3)13(17)12-21-16(15,19)23-11-8-5-2/h13-14,17-19H,4-12H2,1-3H3/t13-,14+,15+,16?/m1/s1. The molecule has 0 aromatic rings. The molecule has 1 heterocycles. The van der Waals surface area contributed by atoms with Crippen LogP contribution in [0.1, 0.15) is 52.9 Å². The van der Waals surface area contributed by atoms with E-state index >= 15 is 0 Å². The van der Waals surface area contributed by atoms with Crippen molar-refractivity contribution in [2.24, 2.45) is 0 Å². The average molecular weight is 369 g/mol. The largest absolute Gasteiger partial charge is 0.388 e. The van der Waals surface area contributed by atoms with E-state index < -0.39 is 22.3 Å². The Morgan fingerprint density at radius 3 is 2.22 bits per heavy atom. The normalized spacial score (nSPS) is 34.7. The minimum absolute atomic E-state index is 0.0410. The number of unbranched alkanes of at least 4 members (excludes halogenated alkanes) is 2. The summed E-state index contributed by atoms with van der Waals surface area (Å²) >= 11 is 2.43. The minimum Gasteiger partial charge on any atom is -0.388 e. The van der Waals surface area contributed by atoms with Crippen molar-refractivity contribution in [3.8, 4) is 0 Å². The molecule has 138 valence electrons. The zero-order chi connectivity index (χ0) is 17.3. The predicted octanol–water partition coefficient (Wildman–Crippen LogP) is 2.57. The molecule has 3 N–H and O–H groups in total. The maximum absolute atomic E-state index is 11.3. The molecule has 0 aromatic heterocycles. The van der Waals surface area contributed by atoms with Crippen LogP contribution in [-0.4, -0.2) is 62.3 Å². The van der Waals surface area contributed by atoms with Crippen molar-refractivity contribution in [1.82, 2.24) is 0 Å². The van der Waals surface area contributed by atoms with Crippen LogP contribution in [0.3, 0.4) is 0 Å². The van der Waals surface area contributed by atoms with E-state index in [9.17, 15) is 15.3 Å². The Kier molecular flexibility index (Phi) is 9.82. The highest BCUT2D eigenvalue weighted by molar-refractivity contribution is 8.04. The monoisotopic (exact) mass is 368 g/mol. The molecule has 1 fully saturated rings. The number of ether oxygens (including phenoxy) is 2. The van der Waals surface area contributed by atoms with Crippen LogP contribution >= 0.6 is 23.5 Å². The predicted molar refractivity (Wildman–Crippen MR) is 96.6 cm³/mol. The lowest BCUT2D eigenvalue weighted by Crippen LogP contribution is -2.68. The van der Waals surface area contributed by atoms with E-state index in [1.165, 1.54) is 23.5 Å². The van der Waals surface area contributed by atoms with Gasteiger partial charge in [-0.2, -0.15) is 0 Å². The van der Waals surface area contributed by atoms with Gasteiger partial charge in [0.15, 0.2) is 0 Å². The molecule has 1 saturated heterocycles. The quantitative estimate of drug-likeness (QED) is 0.382. The molecule has 7 heteroatoms. The van der Waals surface area contributed by atoms with E-state index in [1.54, 1.807) is 0 Å². The fourth-order valence-corrected chi connectivity index (χ4v) is 5.26. The first-order valence-corrected chi connectivity index (χ1v) is 10.6. The van der Waals surface area contributed by atoms with E-state index in [-0.39, 0.29) is 6.61 Å². The first kappa shape index (κ1) is 21.5. The number of hydrogen-bond donors (Lipinski definition) is 3. The molecule has 1 rings (SSSR count). The summed E-state index contributed by atoms with van der Waals surface area (Å²) < 4.78 is 11.2. The smallest absolute Gasteiger partial charge is 0.258 e. The van der Waals surface area contributed by atoms with Crippen molar-refractivity contribution in [3.05, 3.63) is 0 Å². The van der Waals surface area contributed by atoms with Gasteiger partial charge in [0.1, 0.15) is 12.2 Å². The molecule has 0 bridgehead atoms. The molecule has 1 aliphatic heterocycles. The van der Waals surface area contributed by atoms with E-state index in [2.05, 4.69) is 13.8 Å². The molecular formula is C16H32O5S2. The molecule has 5 nitrogen and oxygen atoms in total. The third-order valence-electron chi connectivity index (χ3n) is 3.75. The number of hydrogen-bond acceptors (Lipinski definition) is 7. The Morgan fingerprint density at radius 2 is 1.65 bits per heavy atom. The molecule has 0 amide bonds. The molecule has 23 heavy (non-hydrogen) atoms. The Bertz CT molecular complexity index is 334. The van der Waals surface area contributed by atoms with Gasteiger partial charge in [-0.1, -0.05) is 45.4 Å². The minimum atomic E-state index is -1.77. The van der Waals surface area contributed by atoms with Gasteiger partial charge in [-0.25, -0.2) is 0 Å². The fourth-order valence-electron chi connectivity index (χ4n) is 2.34. The van der Waals surface area contributed by atoms with Crippen molar-refractivity contribution < 1.29 is 24.8 Å². The topological polar surface area (TPSA) is 79.2 Å². The van der Waals surface area contributed by atoms with E-state index in [0.29, 0.717) is 18.1 Å². The second kappa shape index (κ2) is 10.5. The first-order valence-electron chi connectivity index (χ1n) is 8.61. The van der Waals surface area contributed by atoms with Crippen molar-refractivity contribution in [2.45, 2.75) is 75.1 Å². The van der Waals surface area contributed by atoms with Gasteiger partial charge in [-0.05, 0) is 30.8 Å². The van der Waals surface area contributed by atoms with Gasteiger partial charge in [-0.15, -0.1) is 11.8 Å². The lowest BCUT2D eigenvalue weighted by atomic mass is 10.0. The molecule has 4 atom stereocenters. The van der Waals surface area contributed by atoms with Crippen molar-refractivity contribution >= 4 is 23.5 Å². The summed E-state index contributed by atoms with van der Waals surface area (Å²) in [6.07, 6.45) is 2.80. The lowest BCUT2D eigenvalue weighted by Gasteiger charge is -2.50. The van der Waals surface area contributed by atoms with Gasteiger partial charge in [0.05, 0.1) is 6.61 Å². The van der Waals surface area contributed by atoms with Crippen molar-refractivity contribution in [3.63, 3.8) is 0 Å². The Morgan fingerprint density at radius 1 is 1.04 bits per heavy atom. The molecular weight excluding hydrogens is 336 g/mol. The number of aliphatic hydroxyl groups is 3.